The summed E-state index contributed by atoms with van der Waals surface area (Å²) >= 11 is 6.07. The zero-order valence-corrected chi connectivity index (χ0v) is 21.0. The lowest BCUT2D eigenvalue weighted by Gasteiger charge is -2.41. The number of carbonyl (C=O) groups excluding carboxylic acids is 1. The minimum absolute atomic E-state index is 0. The number of rotatable bonds is 5. The van der Waals surface area contributed by atoms with Gasteiger partial charge in [0.1, 0.15) is 0 Å². The molecule has 9 heteroatoms. The van der Waals surface area contributed by atoms with Crippen molar-refractivity contribution < 1.29 is 9.90 Å². The molecule has 0 saturated heterocycles. The predicted octanol–water partition coefficient (Wildman–Crippen LogP) is 3.74. The molecule has 2 saturated carbocycles. The van der Waals surface area contributed by atoms with Crippen molar-refractivity contribution in [1.82, 2.24) is 25.6 Å². The van der Waals surface area contributed by atoms with Crippen LogP contribution < -0.4 is 10.6 Å². The number of benzene rings is 2. The summed E-state index contributed by atoms with van der Waals surface area (Å²) < 4.78 is 1.73. The molecule has 2 aliphatic carbocycles. The van der Waals surface area contributed by atoms with Crippen molar-refractivity contribution >= 4 is 29.9 Å². The number of aliphatic hydroxyl groups excluding tert-OH is 1. The maximum atomic E-state index is 12.8. The molecule has 3 N–H and O–H groups in total. The molecule has 4 atom stereocenters. The second-order valence-electron chi connectivity index (χ2n) is 10.0. The van der Waals surface area contributed by atoms with Crippen LogP contribution in [-0.2, 0) is 12.0 Å². The molecular formula is C26H29Cl2N5O2. The molecular weight excluding hydrogens is 485 g/mol. The summed E-state index contributed by atoms with van der Waals surface area (Å²) in [4.78, 5) is 12.8. The number of carbonyl (C=O) groups is 1. The lowest BCUT2D eigenvalue weighted by molar-refractivity contribution is 0.0224. The first-order chi connectivity index (χ1) is 16.4. The Morgan fingerprint density at radius 1 is 1.29 bits per heavy atom. The van der Waals surface area contributed by atoms with Crippen LogP contribution in [0.15, 0.2) is 48.7 Å². The van der Waals surface area contributed by atoms with Crippen molar-refractivity contribution in [2.24, 2.45) is 0 Å². The zero-order valence-electron chi connectivity index (χ0n) is 19.4. The van der Waals surface area contributed by atoms with E-state index in [2.05, 4.69) is 46.1 Å². The molecule has 1 aromatic heterocycles. The van der Waals surface area contributed by atoms with E-state index in [9.17, 15) is 9.90 Å². The Morgan fingerprint density at radius 3 is 2.86 bits per heavy atom. The van der Waals surface area contributed by atoms with Crippen LogP contribution in [0, 0.1) is 0 Å². The van der Waals surface area contributed by atoms with Crippen molar-refractivity contribution in [1.29, 1.82) is 0 Å². The van der Waals surface area contributed by atoms with Crippen molar-refractivity contribution in [3.63, 3.8) is 0 Å². The number of aliphatic hydroxyl groups is 1. The SMILES string of the molecule is CC(c1ccc2c(c1)CNCC21CC1)n1cc(C(=O)NC2CC(c3cccc(Cl)c3)C2O)nn1.Cl. The standard InChI is InChI=1S/C26H28ClN5O2.ClH/c1-15(16-5-6-21-18(9-16)12-28-14-26(21)7-8-26)32-13-23(30-31-32)25(34)29-22-11-20(24(22)33)17-3-2-4-19(27)10-17;/h2-6,9-10,13,15,20,22,24,28,33H,7-8,11-12,14H2,1H3,(H,29,34);1H. The van der Waals surface area contributed by atoms with Crippen molar-refractivity contribution in [3.8, 4) is 0 Å². The van der Waals surface area contributed by atoms with Gasteiger partial charge in [-0.2, -0.15) is 0 Å². The van der Waals surface area contributed by atoms with Crippen LogP contribution in [0.4, 0.5) is 0 Å². The van der Waals surface area contributed by atoms with Crippen LogP contribution in [-0.4, -0.2) is 44.7 Å². The quantitative estimate of drug-likeness (QED) is 0.483. The Hall–Kier alpha value is -2.45. The monoisotopic (exact) mass is 513 g/mol. The number of nitrogens with one attached hydrogen (secondary N) is 2. The molecule has 7 nitrogen and oxygen atoms in total. The predicted molar refractivity (Wildman–Crippen MR) is 136 cm³/mol. The Labute approximate surface area is 215 Å². The van der Waals surface area contributed by atoms with Gasteiger partial charge in [-0.05, 0) is 60.6 Å². The van der Waals surface area contributed by atoms with Gasteiger partial charge < -0.3 is 15.7 Å². The summed E-state index contributed by atoms with van der Waals surface area (Å²) in [5.74, 6) is -0.356. The van der Waals surface area contributed by atoms with Crippen molar-refractivity contribution in [2.75, 3.05) is 6.54 Å². The van der Waals surface area contributed by atoms with E-state index >= 15 is 0 Å². The summed E-state index contributed by atoms with van der Waals surface area (Å²) in [7, 11) is 0. The van der Waals surface area contributed by atoms with Crippen LogP contribution in [0.25, 0.3) is 0 Å². The number of hydrogen-bond acceptors (Lipinski definition) is 5. The highest BCUT2D eigenvalue weighted by Crippen LogP contribution is 2.50. The third-order valence-corrected chi connectivity index (χ3v) is 8.12. The van der Waals surface area contributed by atoms with Gasteiger partial charge in [0.05, 0.1) is 24.4 Å². The molecule has 3 aliphatic rings. The number of amides is 1. The molecule has 2 aromatic carbocycles. The first-order valence-electron chi connectivity index (χ1n) is 11.9. The topological polar surface area (TPSA) is 92.1 Å². The summed E-state index contributed by atoms with van der Waals surface area (Å²) in [6, 6.07) is 13.8. The van der Waals surface area contributed by atoms with E-state index < -0.39 is 6.10 Å². The van der Waals surface area contributed by atoms with E-state index in [1.807, 2.05) is 24.3 Å². The zero-order chi connectivity index (χ0) is 23.4. The van der Waals surface area contributed by atoms with Gasteiger partial charge in [-0.15, -0.1) is 17.5 Å². The van der Waals surface area contributed by atoms with E-state index in [0.29, 0.717) is 16.9 Å². The fourth-order valence-corrected chi connectivity index (χ4v) is 5.68. The van der Waals surface area contributed by atoms with E-state index in [0.717, 1.165) is 24.2 Å². The van der Waals surface area contributed by atoms with Gasteiger partial charge in [0.25, 0.3) is 5.91 Å². The maximum absolute atomic E-state index is 12.8. The number of halogens is 2. The summed E-state index contributed by atoms with van der Waals surface area (Å²) in [6.45, 7) is 4.03. The average molecular weight is 514 g/mol. The van der Waals surface area contributed by atoms with Gasteiger partial charge in [-0.3, -0.25) is 4.79 Å². The number of hydrogen-bond donors (Lipinski definition) is 3. The van der Waals surface area contributed by atoms with Gasteiger partial charge in [-0.1, -0.05) is 47.1 Å². The molecule has 3 aromatic rings. The fourth-order valence-electron chi connectivity index (χ4n) is 5.48. The number of nitrogens with zero attached hydrogens (tertiary/aromatic N) is 3. The van der Waals surface area contributed by atoms with Gasteiger partial charge in [-0.25, -0.2) is 4.68 Å². The molecule has 2 fully saturated rings. The fraction of sp³-hybridized carbons (Fsp3) is 0.423. The Bertz CT molecular complexity index is 1260. The maximum Gasteiger partial charge on any atom is 0.273 e. The third kappa shape index (κ3) is 4.35. The normalized spacial score (nSPS) is 24.6. The molecule has 6 rings (SSSR count). The molecule has 0 bridgehead atoms. The lowest BCUT2D eigenvalue weighted by Crippen LogP contribution is -2.55. The van der Waals surface area contributed by atoms with Crippen LogP contribution in [0.1, 0.15) is 70.9 Å². The first-order valence-corrected chi connectivity index (χ1v) is 12.3. The molecule has 184 valence electrons. The van der Waals surface area contributed by atoms with Gasteiger partial charge in [0, 0.05) is 29.4 Å². The van der Waals surface area contributed by atoms with E-state index in [1.54, 1.807) is 10.9 Å². The number of fused-ring (bicyclic) bond motifs is 2. The molecule has 2 heterocycles. The minimum atomic E-state index is -0.657. The average Bonchev–Trinajstić information content (AvgIpc) is 3.42. The van der Waals surface area contributed by atoms with Crippen molar-refractivity contribution in [3.05, 3.63) is 81.6 Å². The molecule has 0 radical (unpaired) electrons. The Morgan fingerprint density at radius 2 is 2.11 bits per heavy atom. The highest BCUT2D eigenvalue weighted by molar-refractivity contribution is 6.30. The van der Waals surface area contributed by atoms with Gasteiger partial charge >= 0.3 is 0 Å². The molecule has 1 aliphatic heterocycles. The second-order valence-corrected chi connectivity index (χ2v) is 10.5. The first kappa shape index (κ1) is 24.3. The van der Waals surface area contributed by atoms with E-state index in [4.69, 9.17) is 11.6 Å². The van der Waals surface area contributed by atoms with Crippen LogP contribution >= 0.6 is 24.0 Å². The van der Waals surface area contributed by atoms with E-state index in [-0.39, 0.29) is 42.0 Å². The summed E-state index contributed by atoms with van der Waals surface area (Å²) in [5, 5.41) is 26.0. The van der Waals surface area contributed by atoms with Crippen LogP contribution in [0.2, 0.25) is 5.02 Å². The Kier molecular flexibility index (Phi) is 6.38. The minimum Gasteiger partial charge on any atom is -0.390 e. The summed E-state index contributed by atoms with van der Waals surface area (Å²) in [6.07, 6.45) is 4.20. The summed E-state index contributed by atoms with van der Waals surface area (Å²) in [5.41, 5.74) is 5.58. The largest absolute Gasteiger partial charge is 0.390 e. The van der Waals surface area contributed by atoms with Crippen LogP contribution in [0.5, 0.6) is 0 Å². The lowest BCUT2D eigenvalue weighted by atomic mass is 9.73. The molecule has 1 spiro atoms. The third-order valence-electron chi connectivity index (χ3n) is 7.88. The molecule has 4 unspecified atom stereocenters. The smallest absolute Gasteiger partial charge is 0.273 e. The van der Waals surface area contributed by atoms with Gasteiger partial charge in [0.15, 0.2) is 5.69 Å². The molecule has 35 heavy (non-hydrogen) atoms. The highest BCUT2D eigenvalue weighted by atomic mass is 35.5. The van der Waals surface area contributed by atoms with E-state index in [1.165, 1.54) is 24.0 Å². The van der Waals surface area contributed by atoms with Crippen molar-refractivity contribution in [2.45, 2.75) is 62.3 Å². The number of aromatic nitrogens is 3. The van der Waals surface area contributed by atoms with Crippen LogP contribution in [0.3, 0.4) is 0 Å². The Balaban J connectivity index is 0.00000253. The highest BCUT2D eigenvalue weighted by Gasteiger charge is 2.46. The second kappa shape index (κ2) is 9.21. The van der Waals surface area contributed by atoms with Gasteiger partial charge in [0.2, 0.25) is 0 Å². The molecule has 1 amide bonds.